The lowest BCUT2D eigenvalue weighted by Gasteiger charge is -2.23. The lowest BCUT2D eigenvalue weighted by molar-refractivity contribution is -0.119. The molecule has 1 amide bonds. The van der Waals surface area contributed by atoms with Gasteiger partial charge >= 0.3 is 0 Å². The number of benzene rings is 2. The van der Waals surface area contributed by atoms with Crippen molar-refractivity contribution in [1.29, 1.82) is 0 Å². The van der Waals surface area contributed by atoms with Gasteiger partial charge in [0.15, 0.2) is 0 Å². The molecule has 2 aromatic carbocycles. The summed E-state index contributed by atoms with van der Waals surface area (Å²) in [6.07, 6.45) is 4.56. The SMILES string of the molecule is O=C(CN(c1ccc(F)cc1)S(=O)(=O)c1ccccc1)N/N=C\c1ccncc1. The Balaban J connectivity index is 1.83. The smallest absolute Gasteiger partial charge is 0.264 e. The lowest BCUT2D eigenvalue weighted by Crippen LogP contribution is -2.39. The number of rotatable bonds is 7. The second-order valence-electron chi connectivity index (χ2n) is 5.87. The summed E-state index contributed by atoms with van der Waals surface area (Å²) in [7, 11) is -4.05. The number of nitrogens with one attached hydrogen (secondary N) is 1. The Bertz CT molecular complexity index is 1090. The van der Waals surface area contributed by atoms with Gasteiger partial charge in [0.1, 0.15) is 12.4 Å². The third kappa shape index (κ3) is 5.23. The van der Waals surface area contributed by atoms with Crippen molar-refractivity contribution in [1.82, 2.24) is 10.4 Å². The van der Waals surface area contributed by atoms with E-state index in [4.69, 9.17) is 0 Å². The molecule has 9 heteroatoms. The van der Waals surface area contributed by atoms with Crippen LogP contribution < -0.4 is 9.73 Å². The highest BCUT2D eigenvalue weighted by molar-refractivity contribution is 7.92. The molecule has 148 valence electrons. The summed E-state index contributed by atoms with van der Waals surface area (Å²) >= 11 is 0. The number of carbonyl (C=O) groups is 1. The first-order valence-electron chi connectivity index (χ1n) is 8.52. The van der Waals surface area contributed by atoms with Crippen LogP contribution in [-0.2, 0) is 14.8 Å². The molecule has 0 fully saturated rings. The van der Waals surface area contributed by atoms with Crippen LogP contribution in [0.15, 0.2) is 89.1 Å². The quantitative estimate of drug-likeness (QED) is 0.477. The average Bonchev–Trinajstić information content (AvgIpc) is 2.74. The van der Waals surface area contributed by atoms with Gasteiger partial charge in [-0.25, -0.2) is 18.2 Å². The molecule has 1 heterocycles. The molecular weight excluding hydrogens is 395 g/mol. The van der Waals surface area contributed by atoms with E-state index in [-0.39, 0.29) is 10.6 Å². The van der Waals surface area contributed by atoms with Gasteiger partial charge < -0.3 is 0 Å². The van der Waals surface area contributed by atoms with Crippen LogP contribution in [0.3, 0.4) is 0 Å². The van der Waals surface area contributed by atoms with Gasteiger partial charge in [0.05, 0.1) is 16.8 Å². The highest BCUT2D eigenvalue weighted by atomic mass is 32.2. The predicted molar refractivity (Wildman–Crippen MR) is 107 cm³/mol. The number of sulfonamides is 1. The molecule has 0 spiro atoms. The minimum absolute atomic E-state index is 0.0115. The maximum absolute atomic E-state index is 13.3. The molecule has 0 saturated carbocycles. The van der Waals surface area contributed by atoms with E-state index < -0.39 is 28.3 Å². The molecule has 0 unspecified atom stereocenters. The number of aromatic nitrogens is 1. The Morgan fingerprint density at radius 1 is 1.03 bits per heavy atom. The summed E-state index contributed by atoms with van der Waals surface area (Å²) in [5.74, 6) is -1.17. The second kappa shape index (κ2) is 9.07. The van der Waals surface area contributed by atoms with Crippen molar-refractivity contribution in [2.24, 2.45) is 5.10 Å². The van der Waals surface area contributed by atoms with Crippen LogP contribution in [0.4, 0.5) is 10.1 Å². The van der Waals surface area contributed by atoms with Gasteiger partial charge in [0.25, 0.3) is 15.9 Å². The van der Waals surface area contributed by atoms with E-state index in [1.165, 1.54) is 30.5 Å². The van der Waals surface area contributed by atoms with Crippen molar-refractivity contribution in [2.75, 3.05) is 10.8 Å². The topological polar surface area (TPSA) is 91.7 Å². The average molecular weight is 412 g/mol. The third-order valence-electron chi connectivity index (χ3n) is 3.84. The molecule has 1 aromatic heterocycles. The molecule has 0 aliphatic rings. The number of anilines is 1. The number of nitrogens with zero attached hydrogens (tertiary/aromatic N) is 3. The first kappa shape index (κ1) is 20.2. The molecule has 0 aliphatic heterocycles. The van der Waals surface area contributed by atoms with Gasteiger partial charge in [0, 0.05) is 12.4 Å². The van der Waals surface area contributed by atoms with Gasteiger partial charge in [-0.15, -0.1) is 0 Å². The summed E-state index contributed by atoms with van der Waals surface area (Å²) in [6.45, 7) is -0.531. The maximum Gasteiger partial charge on any atom is 0.264 e. The van der Waals surface area contributed by atoms with E-state index in [0.29, 0.717) is 5.56 Å². The standard InChI is InChI=1S/C20H17FN4O3S/c21-17-6-8-18(9-7-17)25(29(27,28)19-4-2-1-3-5-19)15-20(26)24-23-14-16-10-12-22-13-11-16/h1-14H,15H2,(H,24,26)/b23-14-. The molecule has 29 heavy (non-hydrogen) atoms. The van der Waals surface area contributed by atoms with E-state index in [0.717, 1.165) is 16.4 Å². The van der Waals surface area contributed by atoms with Crippen molar-refractivity contribution in [2.45, 2.75) is 4.90 Å². The zero-order chi connectivity index (χ0) is 20.7. The fraction of sp³-hybridized carbons (Fsp3) is 0.0500. The summed E-state index contributed by atoms with van der Waals surface area (Å²) in [5, 5.41) is 3.82. The predicted octanol–water partition coefficient (Wildman–Crippen LogP) is 2.57. The Labute approximate surface area is 167 Å². The van der Waals surface area contributed by atoms with E-state index in [1.807, 2.05) is 0 Å². The molecule has 7 nitrogen and oxygen atoms in total. The minimum Gasteiger partial charge on any atom is -0.271 e. The van der Waals surface area contributed by atoms with E-state index in [1.54, 1.807) is 42.7 Å². The minimum atomic E-state index is -4.05. The van der Waals surface area contributed by atoms with Gasteiger partial charge in [-0.3, -0.25) is 14.1 Å². The highest BCUT2D eigenvalue weighted by Crippen LogP contribution is 2.23. The molecule has 0 radical (unpaired) electrons. The van der Waals surface area contributed by atoms with Gasteiger partial charge in [0.2, 0.25) is 0 Å². The third-order valence-corrected chi connectivity index (χ3v) is 5.63. The number of pyridine rings is 1. The summed E-state index contributed by atoms with van der Waals surface area (Å²) in [4.78, 5) is 16.2. The summed E-state index contributed by atoms with van der Waals surface area (Å²) in [5.41, 5.74) is 3.17. The van der Waals surface area contributed by atoms with Crippen LogP contribution in [-0.4, -0.2) is 32.1 Å². The molecular formula is C20H17FN4O3S. The van der Waals surface area contributed by atoms with E-state index >= 15 is 0 Å². The second-order valence-corrected chi connectivity index (χ2v) is 7.74. The van der Waals surface area contributed by atoms with Crippen LogP contribution >= 0.6 is 0 Å². The molecule has 0 aliphatic carbocycles. The van der Waals surface area contributed by atoms with Crippen molar-refractivity contribution in [3.63, 3.8) is 0 Å². The molecule has 0 saturated heterocycles. The molecule has 3 rings (SSSR count). The Kier molecular flexibility index (Phi) is 6.30. The largest absolute Gasteiger partial charge is 0.271 e. The van der Waals surface area contributed by atoms with E-state index in [9.17, 15) is 17.6 Å². The lowest BCUT2D eigenvalue weighted by atomic mass is 10.3. The molecule has 3 aromatic rings. The fourth-order valence-corrected chi connectivity index (χ4v) is 3.88. The van der Waals surface area contributed by atoms with Crippen LogP contribution in [0.25, 0.3) is 0 Å². The number of amides is 1. The number of carbonyl (C=O) groups excluding carboxylic acids is 1. The molecule has 0 bridgehead atoms. The number of hydrazone groups is 1. The van der Waals surface area contributed by atoms with Crippen molar-refractivity contribution >= 4 is 27.8 Å². The zero-order valence-corrected chi connectivity index (χ0v) is 16.0. The summed E-state index contributed by atoms with van der Waals surface area (Å²) in [6, 6.07) is 15.9. The fourth-order valence-electron chi connectivity index (χ4n) is 2.44. The Hall–Kier alpha value is -3.59. The van der Waals surface area contributed by atoms with Crippen molar-refractivity contribution in [3.05, 3.63) is 90.5 Å². The Morgan fingerprint density at radius 2 is 1.69 bits per heavy atom. The van der Waals surface area contributed by atoms with Crippen LogP contribution in [0.5, 0.6) is 0 Å². The first-order chi connectivity index (χ1) is 14.0. The van der Waals surface area contributed by atoms with Crippen molar-refractivity contribution < 1.29 is 17.6 Å². The van der Waals surface area contributed by atoms with Crippen LogP contribution in [0, 0.1) is 5.82 Å². The monoisotopic (exact) mass is 412 g/mol. The number of hydrogen-bond acceptors (Lipinski definition) is 5. The van der Waals surface area contributed by atoms with Crippen LogP contribution in [0.1, 0.15) is 5.56 Å². The highest BCUT2D eigenvalue weighted by Gasteiger charge is 2.27. The van der Waals surface area contributed by atoms with Crippen LogP contribution in [0.2, 0.25) is 0 Å². The van der Waals surface area contributed by atoms with Gasteiger partial charge in [-0.2, -0.15) is 5.10 Å². The van der Waals surface area contributed by atoms with Crippen molar-refractivity contribution in [3.8, 4) is 0 Å². The van der Waals surface area contributed by atoms with E-state index in [2.05, 4.69) is 15.5 Å². The number of halogens is 1. The normalized spacial score (nSPS) is 11.3. The number of hydrogen-bond donors (Lipinski definition) is 1. The molecule has 1 N–H and O–H groups in total. The maximum atomic E-state index is 13.3. The van der Waals surface area contributed by atoms with Gasteiger partial charge in [-0.1, -0.05) is 18.2 Å². The zero-order valence-electron chi connectivity index (χ0n) is 15.1. The van der Waals surface area contributed by atoms with Gasteiger partial charge in [-0.05, 0) is 54.1 Å². The first-order valence-corrected chi connectivity index (χ1v) is 9.96. The Morgan fingerprint density at radius 3 is 2.34 bits per heavy atom. The molecule has 0 atom stereocenters. The summed E-state index contributed by atoms with van der Waals surface area (Å²) < 4.78 is 40.3.